The summed E-state index contributed by atoms with van der Waals surface area (Å²) in [5, 5.41) is 8.38. The van der Waals surface area contributed by atoms with Crippen molar-refractivity contribution in [3.05, 3.63) is 51.2 Å². The molecule has 0 fully saturated rings. The maximum absolute atomic E-state index is 12.4. The Kier molecular flexibility index (Phi) is 3.75. The lowest BCUT2D eigenvalue weighted by Crippen LogP contribution is -2.28. The zero-order valence-electron chi connectivity index (χ0n) is 12.3. The number of nitrogens with one attached hydrogen (secondary N) is 3. The van der Waals surface area contributed by atoms with Gasteiger partial charge in [-0.15, -0.1) is 0 Å². The number of benzene rings is 1. The Morgan fingerprint density at radius 1 is 1.26 bits per heavy atom. The van der Waals surface area contributed by atoms with E-state index in [-0.39, 0.29) is 11.5 Å². The van der Waals surface area contributed by atoms with Crippen LogP contribution in [0.2, 0.25) is 5.02 Å². The predicted molar refractivity (Wildman–Crippen MR) is 87.2 cm³/mol. The minimum absolute atomic E-state index is 0.0747. The number of aromatic amines is 1. The van der Waals surface area contributed by atoms with Crippen LogP contribution in [0, 0.1) is 13.8 Å². The second kappa shape index (κ2) is 5.73. The third kappa shape index (κ3) is 3.02. The molecule has 1 aromatic carbocycles. The van der Waals surface area contributed by atoms with Gasteiger partial charge in [-0.3, -0.25) is 9.89 Å². The summed E-state index contributed by atoms with van der Waals surface area (Å²) in [6.07, 6.45) is 0. The van der Waals surface area contributed by atoms with Gasteiger partial charge in [0.2, 0.25) is 0 Å². The lowest BCUT2D eigenvalue weighted by molar-refractivity contribution is 0.262. The van der Waals surface area contributed by atoms with Crippen LogP contribution in [0.25, 0.3) is 5.78 Å². The van der Waals surface area contributed by atoms with Crippen LogP contribution in [0.5, 0.6) is 0 Å². The molecule has 0 radical (unpaired) electrons. The largest absolute Gasteiger partial charge is 0.323 e. The molecule has 2 aromatic heterocycles. The Morgan fingerprint density at radius 3 is 2.78 bits per heavy atom. The Hall–Kier alpha value is -2.87. The van der Waals surface area contributed by atoms with Crippen molar-refractivity contribution in [1.29, 1.82) is 0 Å². The van der Waals surface area contributed by atoms with E-state index in [0.29, 0.717) is 22.2 Å². The van der Waals surface area contributed by atoms with Gasteiger partial charge in [-0.05, 0) is 32.0 Å². The Morgan fingerprint density at radius 2 is 2.04 bits per heavy atom. The molecule has 2 amide bonds. The second-order valence-electron chi connectivity index (χ2n) is 4.91. The summed E-state index contributed by atoms with van der Waals surface area (Å²) < 4.78 is 1.18. The molecule has 2 heterocycles. The van der Waals surface area contributed by atoms with Crippen LogP contribution in [0.3, 0.4) is 0 Å². The number of amides is 2. The van der Waals surface area contributed by atoms with Gasteiger partial charge >= 0.3 is 6.03 Å². The molecule has 0 bridgehead atoms. The molecular formula is C14H13ClN6O2. The van der Waals surface area contributed by atoms with E-state index < -0.39 is 11.6 Å². The number of carbonyl (C=O) groups excluding carboxylic acids is 1. The number of carbonyl (C=O) groups is 1. The molecule has 0 saturated heterocycles. The SMILES string of the molecule is Cc1nc2nc(C)c(NC(=O)Nc3cccc(Cl)c3)c(=O)n2[nH]1. The number of hydrogen-bond donors (Lipinski definition) is 3. The molecule has 23 heavy (non-hydrogen) atoms. The maximum Gasteiger partial charge on any atom is 0.323 e. The van der Waals surface area contributed by atoms with E-state index in [2.05, 4.69) is 25.7 Å². The fourth-order valence-electron chi connectivity index (χ4n) is 2.11. The lowest BCUT2D eigenvalue weighted by atomic mass is 10.3. The fourth-order valence-corrected chi connectivity index (χ4v) is 2.30. The van der Waals surface area contributed by atoms with Crippen molar-refractivity contribution < 1.29 is 4.79 Å². The quantitative estimate of drug-likeness (QED) is 0.670. The highest BCUT2D eigenvalue weighted by Crippen LogP contribution is 2.15. The van der Waals surface area contributed by atoms with Gasteiger partial charge in [-0.1, -0.05) is 17.7 Å². The van der Waals surface area contributed by atoms with Gasteiger partial charge in [0, 0.05) is 10.7 Å². The Balaban J connectivity index is 1.89. The summed E-state index contributed by atoms with van der Waals surface area (Å²) in [4.78, 5) is 32.7. The van der Waals surface area contributed by atoms with E-state index >= 15 is 0 Å². The highest BCUT2D eigenvalue weighted by Gasteiger charge is 2.14. The smallest absolute Gasteiger partial charge is 0.308 e. The monoisotopic (exact) mass is 332 g/mol. The first-order valence-electron chi connectivity index (χ1n) is 6.73. The van der Waals surface area contributed by atoms with Gasteiger partial charge in [0.25, 0.3) is 11.3 Å². The first-order valence-corrected chi connectivity index (χ1v) is 7.11. The van der Waals surface area contributed by atoms with Crippen LogP contribution in [-0.2, 0) is 0 Å². The Labute approximate surface area is 135 Å². The summed E-state index contributed by atoms with van der Waals surface area (Å²) in [5.41, 5.74) is 0.530. The second-order valence-corrected chi connectivity index (χ2v) is 5.35. The van der Waals surface area contributed by atoms with E-state index in [4.69, 9.17) is 11.6 Å². The van der Waals surface area contributed by atoms with E-state index in [1.54, 1.807) is 38.1 Å². The molecule has 3 rings (SSSR count). The summed E-state index contributed by atoms with van der Waals surface area (Å²) in [6, 6.07) is 6.12. The molecule has 0 aliphatic rings. The van der Waals surface area contributed by atoms with Crippen LogP contribution in [0.15, 0.2) is 29.1 Å². The first-order chi connectivity index (χ1) is 10.9. The van der Waals surface area contributed by atoms with Crippen molar-refractivity contribution in [2.75, 3.05) is 10.6 Å². The molecule has 0 unspecified atom stereocenters. The van der Waals surface area contributed by atoms with Gasteiger partial charge in [-0.25, -0.2) is 9.78 Å². The summed E-state index contributed by atoms with van der Waals surface area (Å²) in [6.45, 7) is 3.34. The molecule has 3 aromatic rings. The first kappa shape index (κ1) is 15.0. The minimum atomic E-state index is -0.564. The number of fused-ring (bicyclic) bond motifs is 1. The van der Waals surface area contributed by atoms with Crippen molar-refractivity contribution in [3.8, 4) is 0 Å². The number of aromatic nitrogens is 4. The number of urea groups is 1. The molecular weight excluding hydrogens is 320 g/mol. The average molecular weight is 333 g/mol. The standard InChI is InChI=1S/C14H13ClN6O2/c1-7-11(12(22)21-13(16-7)17-8(2)20-21)19-14(23)18-10-5-3-4-9(15)6-10/h3-6H,1-2H3,(H,16,17,20)(H2,18,19,23). The maximum atomic E-state index is 12.4. The third-order valence-electron chi connectivity index (χ3n) is 3.11. The lowest BCUT2D eigenvalue weighted by Gasteiger charge is -2.09. The number of H-pyrrole nitrogens is 1. The molecule has 0 spiro atoms. The molecule has 0 aliphatic carbocycles. The van der Waals surface area contributed by atoms with Crippen LogP contribution in [0.4, 0.5) is 16.2 Å². The highest BCUT2D eigenvalue weighted by molar-refractivity contribution is 6.30. The predicted octanol–water partition coefficient (Wildman–Crippen LogP) is 2.33. The molecule has 0 atom stereocenters. The number of aryl methyl sites for hydroxylation is 2. The number of rotatable bonds is 2. The number of halogens is 1. The van der Waals surface area contributed by atoms with Gasteiger partial charge in [0.1, 0.15) is 11.5 Å². The van der Waals surface area contributed by atoms with Crippen molar-refractivity contribution >= 4 is 34.8 Å². The zero-order valence-corrected chi connectivity index (χ0v) is 13.1. The van der Waals surface area contributed by atoms with Crippen molar-refractivity contribution in [2.45, 2.75) is 13.8 Å². The van der Waals surface area contributed by atoms with E-state index in [0.717, 1.165) is 0 Å². The molecule has 0 aliphatic heterocycles. The van der Waals surface area contributed by atoms with Gasteiger partial charge in [-0.2, -0.15) is 9.50 Å². The van der Waals surface area contributed by atoms with Gasteiger partial charge in [0.15, 0.2) is 0 Å². The average Bonchev–Trinajstić information content (AvgIpc) is 2.84. The van der Waals surface area contributed by atoms with Crippen LogP contribution in [-0.4, -0.2) is 25.6 Å². The topological polar surface area (TPSA) is 104 Å². The zero-order chi connectivity index (χ0) is 16.6. The molecule has 0 saturated carbocycles. The van der Waals surface area contributed by atoms with Crippen molar-refractivity contribution in [3.63, 3.8) is 0 Å². The molecule has 8 nitrogen and oxygen atoms in total. The van der Waals surface area contributed by atoms with Crippen molar-refractivity contribution in [2.24, 2.45) is 0 Å². The Bertz CT molecular complexity index is 962. The molecule has 9 heteroatoms. The third-order valence-corrected chi connectivity index (χ3v) is 3.34. The van der Waals surface area contributed by atoms with Crippen molar-refractivity contribution in [1.82, 2.24) is 19.6 Å². The minimum Gasteiger partial charge on any atom is -0.308 e. The van der Waals surface area contributed by atoms with E-state index in [9.17, 15) is 9.59 Å². The summed E-state index contributed by atoms with van der Waals surface area (Å²) in [5.74, 6) is 0.806. The van der Waals surface area contributed by atoms with Crippen LogP contribution < -0.4 is 16.2 Å². The molecule has 3 N–H and O–H groups in total. The van der Waals surface area contributed by atoms with Crippen LogP contribution >= 0.6 is 11.6 Å². The number of hydrogen-bond acceptors (Lipinski definition) is 4. The fraction of sp³-hybridized carbons (Fsp3) is 0.143. The van der Waals surface area contributed by atoms with E-state index in [1.807, 2.05) is 0 Å². The normalized spacial score (nSPS) is 10.7. The summed E-state index contributed by atoms with van der Waals surface area (Å²) in [7, 11) is 0. The summed E-state index contributed by atoms with van der Waals surface area (Å²) >= 11 is 5.86. The number of anilines is 2. The molecule has 118 valence electrons. The van der Waals surface area contributed by atoms with Crippen LogP contribution in [0.1, 0.15) is 11.5 Å². The highest BCUT2D eigenvalue weighted by atomic mass is 35.5. The number of nitrogens with zero attached hydrogens (tertiary/aromatic N) is 3. The van der Waals surface area contributed by atoms with Gasteiger partial charge in [0.05, 0.1) is 5.69 Å². The van der Waals surface area contributed by atoms with Gasteiger partial charge < -0.3 is 10.6 Å². The van der Waals surface area contributed by atoms with E-state index in [1.165, 1.54) is 4.52 Å².